The minimum absolute atomic E-state index is 0.140. The van der Waals surface area contributed by atoms with Crippen molar-refractivity contribution in [1.82, 2.24) is 0 Å². The van der Waals surface area contributed by atoms with Crippen molar-refractivity contribution in [3.05, 3.63) is 70.8 Å². The van der Waals surface area contributed by atoms with Gasteiger partial charge in [-0.25, -0.2) is 4.79 Å². The molecule has 0 N–H and O–H groups in total. The number of ether oxygens (including phenoxy) is 1. The van der Waals surface area contributed by atoms with Gasteiger partial charge in [-0.05, 0) is 17.7 Å². The van der Waals surface area contributed by atoms with Crippen LogP contribution in [0, 0.1) is 0 Å². The fourth-order valence-electron chi connectivity index (χ4n) is 1.82. The second-order valence-corrected chi connectivity index (χ2v) is 5.42. The zero-order chi connectivity index (χ0) is 15.4. The van der Waals surface area contributed by atoms with Crippen LogP contribution < -0.4 is 0 Å². The van der Waals surface area contributed by atoms with Gasteiger partial charge in [0.2, 0.25) is 0 Å². The molecule has 5 heteroatoms. The average Bonchev–Trinajstić information content (AvgIpc) is 2.53. The summed E-state index contributed by atoms with van der Waals surface area (Å²) in [6.45, 7) is 0. The predicted molar refractivity (Wildman–Crippen MR) is 82.1 cm³/mol. The molecule has 0 saturated heterocycles. The van der Waals surface area contributed by atoms with Crippen LogP contribution in [0.4, 0.5) is 0 Å². The highest BCUT2D eigenvalue weighted by molar-refractivity contribution is 6.44. The van der Waals surface area contributed by atoms with Crippen LogP contribution >= 0.6 is 23.2 Å². The molecule has 0 atom stereocenters. The van der Waals surface area contributed by atoms with E-state index >= 15 is 0 Å². The molecule has 0 bridgehead atoms. The smallest absolute Gasteiger partial charge is 0.337 e. The summed E-state index contributed by atoms with van der Waals surface area (Å²) in [5, 5.41) is 0. The SMILES string of the molecule is COC(=O)c1ccc(C(=O)c2ccc(C(Cl)Cl)cc2)cc1. The molecule has 0 aliphatic carbocycles. The van der Waals surface area contributed by atoms with Gasteiger partial charge in [0.1, 0.15) is 4.84 Å². The number of hydrogen-bond acceptors (Lipinski definition) is 3. The maximum absolute atomic E-state index is 12.3. The number of esters is 1. The Morgan fingerprint density at radius 2 is 1.29 bits per heavy atom. The standard InChI is InChI=1S/C16H12Cl2O3/c1-21-16(20)13-8-4-11(5-9-13)14(19)10-2-6-12(7-3-10)15(17)18/h2-9,15H,1H3. The van der Waals surface area contributed by atoms with Gasteiger partial charge in [0.25, 0.3) is 0 Å². The molecule has 21 heavy (non-hydrogen) atoms. The first-order chi connectivity index (χ1) is 10.0. The Kier molecular flexibility index (Phi) is 4.99. The zero-order valence-electron chi connectivity index (χ0n) is 11.2. The predicted octanol–water partition coefficient (Wildman–Crippen LogP) is 4.18. The van der Waals surface area contributed by atoms with E-state index in [-0.39, 0.29) is 5.78 Å². The van der Waals surface area contributed by atoms with E-state index in [1.165, 1.54) is 7.11 Å². The molecule has 2 rings (SSSR count). The highest BCUT2D eigenvalue weighted by atomic mass is 35.5. The number of hydrogen-bond donors (Lipinski definition) is 0. The molecule has 2 aromatic carbocycles. The summed E-state index contributed by atoms with van der Waals surface area (Å²) in [6, 6.07) is 13.1. The molecule has 0 aliphatic heterocycles. The van der Waals surface area contributed by atoms with E-state index in [9.17, 15) is 9.59 Å². The first-order valence-electron chi connectivity index (χ1n) is 6.14. The van der Waals surface area contributed by atoms with Crippen molar-refractivity contribution in [3.8, 4) is 0 Å². The summed E-state index contributed by atoms with van der Waals surface area (Å²) in [6.07, 6.45) is 0. The van der Waals surface area contributed by atoms with Gasteiger partial charge in [-0.1, -0.05) is 36.4 Å². The molecule has 0 heterocycles. The van der Waals surface area contributed by atoms with E-state index < -0.39 is 10.8 Å². The van der Waals surface area contributed by atoms with Gasteiger partial charge in [-0.3, -0.25) is 4.79 Å². The van der Waals surface area contributed by atoms with E-state index in [2.05, 4.69) is 4.74 Å². The van der Waals surface area contributed by atoms with Crippen molar-refractivity contribution < 1.29 is 14.3 Å². The third-order valence-corrected chi connectivity index (χ3v) is 3.50. The number of rotatable bonds is 4. The Morgan fingerprint density at radius 1 is 0.857 bits per heavy atom. The molecule has 0 spiro atoms. The largest absolute Gasteiger partial charge is 0.465 e. The topological polar surface area (TPSA) is 43.4 Å². The van der Waals surface area contributed by atoms with Crippen LogP contribution in [0.2, 0.25) is 0 Å². The summed E-state index contributed by atoms with van der Waals surface area (Å²) in [4.78, 5) is 23.0. The second kappa shape index (κ2) is 6.74. The van der Waals surface area contributed by atoms with Crippen LogP contribution in [0.25, 0.3) is 0 Å². The van der Waals surface area contributed by atoms with E-state index in [0.29, 0.717) is 16.7 Å². The van der Waals surface area contributed by atoms with Gasteiger partial charge in [-0.15, -0.1) is 23.2 Å². The van der Waals surface area contributed by atoms with Crippen LogP contribution in [-0.4, -0.2) is 18.9 Å². The number of carbonyl (C=O) groups excluding carboxylic acids is 2. The van der Waals surface area contributed by atoms with Crippen molar-refractivity contribution in [2.45, 2.75) is 4.84 Å². The minimum atomic E-state index is -0.617. The van der Waals surface area contributed by atoms with Crippen LogP contribution in [0.1, 0.15) is 36.7 Å². The number of ketones is 1. The molecule has 0 aromatic heterocycles. The van der Waals surface area contributed by atoms with Crippen LogP contribution in [0.3, 0.4) is 0 Å². The van der Waals surface area contributed by atoms with Crippen LogP contribution in [0.15, 0.2) is 48.5 Å². The van der Waals surface area contributed by atoms with Crippen molar-refractivity contribution in [2.75, 3.05) is 7.11 Å². The lowest BCUT2D eigenvalue weighted by Crippen LogP contribution is -2.04. The quantitative estimate of drug-likeness (QED) is 0.482. The van der Waals surface area contributed by atoms with Crippen molar-refractivity contribution in [2.24, 2.45) is 0 Å². The second-order valence-electron chi connectivity index (χ2n) is 4.32. The summed E-state index contributed by atoms with van der Waals surface area (Å²) >= 11 is 11.5. The number of alkyl halides is 2. The molecule has 0 unspecified atom stereocenters. The molecule has 0 fully saturated rings. The maximum atomic E-state index is 12.3. The fraction of sp³-hybridized carbons (Fsp3) is 0.125. The van der Waals surface area contributed by atoms with Gasteiger partial charge in [0, 0.05) is 11.1 Å². The Morgan fingerprint density at radius 3 is 1.71 bits per heavy atom. The van der Waals surface area contributed by atoms with Gasteiger partial charge in [0.15, 0.2) is 5.78 Å². The Labute approximate surface area is 132 Å². The lowest BCUT2D eigenvalue weighted by atomic mass is 10.0. The van der Waals surface area contributed by atoms with Crippen LogP contribution in [-0.2, 0) is 4.74 Å². The molecule has 0 amide bonds. The monoisotopic (exact) mass is 322 g/mol. The number of halogens is 2. The van der Waals surface area contributed by atoms with Crippen molar-refractivity contribution >= 4 is 35.0 Å². The third-order valence-electron chi connectivity index (χ3n) is 2.99. The average molecular weight is 323 g/mol. The number of carbonyl (C=O) groups is 2. The van der Waals surface area contributed by atoms with E-state index in [0.717, 1.165) is 5.56 Å². The molecule has 0 radical (unpaired) electrons. The number of benzene rings is 2. The molecule has 2 aromatic rings. The van der Waals surface area contributed by atoms with Crippen molar-refractivity contribution in [1.29, 1.82) is 0 Å². The molecule has 108 valence electrons. The third kappa shape index (κ3) is 3.63. The zero-order valence-corrected chi connectivity index (χ0v) is 12.7. The molecule has 0 saturated carbocycles. The van der Waals surface area contributed by atoms with Crippen LogP contribution in [0.5, 0.6) is 0 Å². The van der Waals surface area contributed by atoms with E-state index in [1.54, 1.807) is 48.5 Å². The minimum Gasteiger partial charge on any atom is -0.465 e. The summed E-state index contributed by atoms with van der Waals surface area (Å²) < 4.78 is 4.61. The van der Waals surface area contributed by atoms with Gasteiger partial charge in [0.05, 0.1) is 12.7 Å². The maximum Gasteiger partial charge on any atom is 0.337 e. The molecular weight excluding hydrogens is 311 g/mol. The summed E-state index contributed by atoms with van der Waals surface area (Å²) in [5.74, 6) is -0.577. The first-order valence-corrected chi connectivity index (χ1v) is 7.01. The summed E-state index contributed by atoms with van der Waals surface area (Å²) in [7, 11) is 1.31. The molecule has 0 aliphatic rings. The first kappa shape index (κ1) is 15.5. The Hall–Kier alpha value is -1.84. The van der Waals surface area contributed by atoms with E-state index in [1.807, 2.05) is 0 Å². The summed E-state index contributed by atoms with van der Waals surface area (Å²) in [5.41, 5.74) is 2.15. The lowest BCUT2D eigenvalue weighted by molar-refractivity contribution is 0.0600. The highest BCUT2D eigenvalue weighted by Crippen LogP contribution is 2.25. The van der Waals surface area contributed by atoms with E-state index in [4.69, 9.17) is 23.2 Å². The number of methoxy groups -OCH3 is 1. The Bertz CT molecular complexity index is 646. The van der Waals surface area contributed by atoms with Gasteiger partial charge >= 0.3 is 5.97 Å². The van der Waals surface area contributed by atoms with Gasteiger partial charge < -0.3 is 4.74 Å². The fourth-order valence-corrected chi connectivity index (χ4v) is 2.11. The highest BCUT2D eigenvalue weighted by Gasteiger charge is 2.12. The molecule has 3 nitrogen and oxygen atoms in total. The normalized spacial score (nSPS) is 10.5. The Balaban J connectivity index is 2.21. The molecular formula is C16H12Cl2O3. The van der Waals surface area contributed by atoms with Crippen molar-refractivity contribution in [3.63, 3.8) is 0 Å². The lowest BCUT2D eigenvalue weighted by Gasteiger charge is -2.05. The van der Waals surface area contributed by atoms with Gasteiger partial charge in [-0.2, -0.15) is 0 Å².